The van der Waals surface area contributed by atoms with Crippen LogP contribution in [0.2, 0.25) is 0 Å². The molecular formula is C10H12BrF3. The van der Waals surface area contributed by atoms with Crippen LogP contribution in [0.15, 0.2) is 22.7 Å². The van der Waals surface area contributed by atoms with Gasteiger partial charge in [0.05, 0.1) is 5.56 Å². The number of hydrogen-bond acceptors (Lipinski definition) is 0. The number of alkyl halides is 3. The molecular weight excluding hydrogens is 257 g/mol. The zero-order chi connectivity index (χ0) is 11.4. The summed E-state index contributed by atoms with van der Waals surface area (Å²) in [5.41, 5.74) is -0.345. The summed E-state index contributed by atoms with van der Waals surface area (Å²) in [6, 6.07) is 4.10. The first-order valence-electron chi connectivity index (χ1n) is 4.24. The second-order valence-electron chi connectivity index (χ2n) is 2.46. The molecule has 0 fully saturated rings. The highest BCUT2D eigenvalue weighted by atomic mass is 79.9. The highest BCUT2D eigenvalue weighted by Gasteiger charge is 2.32. The Bertz CT molecular complexity index is 292. The topological polar surface area (TPSA) is 0 Å². The number of hydrogen-bond donors (Lipinski definition) is 0. The van der Waals surface area contributed by atoms with Gasteiger partial charge in [0.1, 0.15) is 0 Å². The second-order valence-corrected chi connectivity index (χ2v) is 3.37. The van der Waals surface area contributed by atoms with Crippen LogP contribution in [0, 0.1) is 6.92 Å². The molecule has 0 unspecified atom stereocenters. The first kappa shape index (κ1) is 13.5. The number of benzene rings is 1. The predicted octanol–water partition coefficient (Wildman–Crippen LogP) is 4.80. The lowest BCUT2D eigenvalue weighted by atomic mass is 10.1. The molecule has 0 N–H and O–H groups in total. The summed E-state index contributed by atoms with van der Waals surface area (Å²) < 4.78 is 37.1. The molecule has 0 aliphatic rings. The minimum atomic E-state index is -4.26. The molecule has 0 spiro atoms. The average molecular weight is 269 g/mol. The number of rotatable bonds is 0. The van der Waals surface area contributed by atoms with Crippen LogP contribution in [0.4, 0.5) is 13.2 Å². The van der Waals surface area contributed by atoms with E-state index < -0.39 is 11.7 Å². The van der Waals surface area contributed by atoms with E-state index in [1.54, 1.807) is 6.07 Å². The summed E-state index contributed by atoms with van der Waals surface area (Å²) in [6.07, 6.45) is -4.26. The molecule has 4 heteroatoms. The van der Waals surface area contributed by atoms with Crippen molar-refractivity contribution in [1.29, 1.82) is 0 Å². The van der Waals surface area contributed by atoms with Gasteiger partial charge in [-0.1, -0.05) is 35.8 Å². The molecule has 0 atom stereocenters. The zero-order valence-electron chi connectivity index (χ0n) is 8.24. The van der Waals surface area contributed by atoms with Gasteiger partial charge in [-0.25, -0.2) is 0 Å². The lowest BCUT2D eigenvalue weighted by molar-refractivity contribution is -0.138. The van der Waals surface area contributed by atoms with E-state index in [0.717, 1.165) is 6.07 Å². The quantitative estimate of drug-likeness (QED) is 0.634. The van der Waals surface area contributed by atoms with Crippen LogP contribution in [0.3, 0.4) is 0 Å². The van der Waals surface area contributed by atoms with Crippen molar-refractivity contribution >= 4 is 15.9 Å². The molecule has 0 bridgehead atoms. The van der Waals surface area contributed by atoms with E-state index in [0.29, 0.717) is 4.47 Å². The molecule has 0 heterocycles. The summed E-state index contributed by atoms with van der Waals surface area (Å²) in [6.45, 7) is 5.44. The highest BCUT2D eigenvalue weighted by molar-refractivity contribution is 9.10. The molecule has 0 amide bonds. The van der Waals surface area contributed by atoms with Crippen molar-refractivity contribution < 1.29 is 13.2 Å². The largest absolute Gasteiger partial charge is 0.416 e. The van der Waals surface area contributed by atoms with Gasteiger partial charge in [0.2, 0.25) is 0 Å². The molecule has 1 aromatic carbocycles. The van der Waals surface area contributed by atoms with Crippen LogP contribution < -0.4 is 0 Å². The molecule has 0 aliphatic heterocycles. The van der Waals surface area contributed by atoms with Crippen LogP contribution >= 0.6 is 15.9 Å². The Kier molecular flexibility index (Phi) is 5.19. The monoisotopic (exact) mass is 268 g/mol. The summed E-state index contributed by atoms with van der Waals surface area (Å²) in [7, 11) is 0. The molecule has 0 aliphatic carbocycles. The van der Waals surface area contributed by atoms with E-state index in [1.807, 2.05) is 13.8 Å². The summed E-state index contributed by atoms with van der Waals surface area (Å²) in [4.78, 5) is 0. The Balaban J connectivity index is 0.000000791. The Morgan fingerprint density at radius 2 is 1.64 bits per heavy atom. The smallest absolute Gasteiger partial charge is 0.166 e. The fourth-order valence-corrected chi connectivity index (χ4v) is 1.26. The van der Waals surface area contributed by atoms with Crippen LogP contribution in [-0.2, 0) is 6.18 Å². The lowest BCUT2D eigenvalue weighted by Crippen LogP contribution is -2.06. The van der Waals surface area contributed by atoms with Gasteiger partial charge in [-0.2, -0.15) is 13.2 Å². The van der Waals surface area contributed by atoms with Crippen LogP contribution in [-0.4, -0.2) is 0 Å². The fourth-order valence-electron chi connectivity index (χ4n) is 0.900. The van der Waals surface area contributed by atoms with Crippen molar-refractivity contribution in [1.82, 2.24) is 0 Å². The third-order valence-corrected chi connectivity index (χ3v) is 2.00. The normalized spacial score (nSPS) is 10.5. The minimum absolute atomic E-state index is 0.241. The Hall–Kier alpha value is -0.510. The van der Waals surface area contributed by atoms with Crippen molar-refractivity contribution in [3.63, 3.8) is 0 Å². The maximum atomic E-state index is 12.2. The van der Waals surface area contributed by atoms with E-state index in [2.05, 4.69) is 15.9 Å². The van der Waals surface area contributed by atoms with Gasteiger partial charge >= 0.3 is 6.18 Å². The van der Waals surface area contributed by atoms with Crippen molar-refractivity contribution in [3.05, 3.63) is 33.8 Å². The third-order valence-electron chi connectivity index (χ3n) is 1.51. The number of halogens is 4. The zero-order valence-corrected chi connectivity index (χ0v) is 9.83. The first-order chi connectivity index (χ1) is 6.41. The van der Waals surface area contributed by atoms with E-state index >= 15 is 0 Å². The Labute approximate surface area is 90.3 Å². The van der Waals surface area contributed by atoms with Crippen molar-refractivity contribution in [2.24, 2.45) is 0 Å². The minimum Gasteiger partial charge on any atom is -0.166 e. The lowest BCUT2D eigenvalue weighted by Gasteiger charge is -2.09. The highest BCUT2D eigenvalue weighted by Crippen LogP contribution is 2.33. The van der Waals surface area contributed by atoms with E-state index in [-0.39, 0.29) is 5.56 Å². The maximum Gasteiger partial charge on any atom is 0.416 e. The van der Waals surface area contributed by atoms with Crippen molar-refractivity contribution in [3.8, 4) is 0 Å². The van der Waals surface area contributed by atoms with Gasteiger partial charge in [-0.3, -0.25) is 0 Å². The van der Waals surface area contributed by atoms with Crippen LogP contribution in [0.25, 0.3) is 0 Å². The first-order valence-corrected chi connectivity index (χ1v) is 5.04. The molecule has 1 aromatic rings. The van der Waals surface area contributed by atoms with Crippen molar-refractivity contribution in [2.75, 3.05) is 0 Å². The molecule has 0 nitrogen and oxygen atoms in total. The van der Waals surface area contributed by atoms with Crippen LogP contribution in [0.1, 0.15) is 25.0 Å². The fraction of sp³-hybridized carbons (Fsp3) is 0.400. The average Bonchev–Trinajstić information content (AvgIpc) is 2.11. The molecule has 0 radical (unpaired) electrons. The molecule has 80 valence electrons. The van der Waals surface area contributed by atoms with Gasteiger partial charge in [-0.05, 0) is 24.6 Å². The van der Waals surface area contributed by atoms with Gasteiger partial charge < -0.3 is 0 Å². The van der Waals surface area contributed by atoms with Crippen LogP contribution in [0.5, 0.6) is 0 Å². The SMILES string of the molecule is CC.Cc1ccc(Br)cc1C(F)(F)F. The second kappa shape index (κ2) is 5.39. The van der Waals surface area contributed by atoms with Gasteiger partial charge in [-0.15, -0.1) is 0 Å². The summed E-state index contributed by atoms with van der Waals surface area (Å²) >= 11 is 2.99. The van der Waals surface area contributed by atoms with E-state index in [9.17, 15) is 13.2 Å². The maximum absolute atomic E-state index is 12.2. The van der Waals surface area contributed by atoms with Gasteiger partial charge in [0.25, 0.3) is 0 Å². The third kappa shape index (κ3) is 3.70. The molecule has 0 saturated carbocycles. The molecule has 14 heavy (non-hydrogen) atoms. The van der Waals surface area contributed by atoms with Gasteiger partial charge in [0, 0.05) is 4.47 Å². The standard InChI is InChI=1S/C8H6BrF3.C2H6/c1-5-2-3-6(9)4-7(5)8(10,11)12;1-2/h2-4H,1H3;1-2H3. The summed E-state index contributed by atoms with van der Waals surface area (Å²) in [5.74, 6) is 0. The predicted molar refractivity (Wildman–Crippen MR) is 55.2 cm³/mol. The van der Waals surface area contributed by atoms with Crippen molar-refractivity contribution in [2.45, 2.75) is 26.9 Å². The van der Waals surface area contributed by atoms with E-state index in [1.165, 1.54) is 13.0 Å². The number of aryl methyl sites for hydroxylation is 1. The Morgan fingerprint density at radius 1 is 1.14 bits per heavy atom. The molecule has 0 saturated heterocycles. The molecule has 1 rings (SSSR count). The van der Waals surface area contributed by atoms with E-state index in [4.69, 9.17) is 0 Å². The summed E-state index contributed by atoms with van der Waals surface area (Å²) in [5, 5.41) is 0. The van der Waals surface area contributed by atoms with Gasteiger partial charge in [0.15, 0.2) is 0 Å². The molecule has 0 aromatic heterocycles. The Morgan fingerprint density at radius 3 is 2.00 bits per heavy atom.